The summed E-state index contributed by atoms with van der Waals surface area (Å²) in [6, 6.07) is 1.31. The van der Waals surface area contributed by atoms with Gasteiger partial charge in [-0.2, -0.15) is 5.26 Å². The molecule has 0 bridgehead atoms. The molecule has 0 amide bonds. The highest BCUT2D eigenvalue weighted by molar-refractivity contribution is 7.52. The van der Waals surface area contributed by atoms with Crippen LogP contribution in [0.5, 0.6) is 0 Å². The molecule has 0 saturated heterocycles. The predicted octanol–water partition coefficient (Wildman–Crippen LogP) is -0.340. The Morgan fingerprint density at radius 1 is 1.78 bits per heavy atom. The summed E-state index contributed by atoms with van der Waals surface area (Å²) in [5.74, 6) is -1.63. The zero-order chi connectivity index (χ0) is 7.49. The lowest BCUT2D eigenvalue weighted by Crippen LogP contribution is -2.06. The maximum absolute atomic E-state index is 10.1. The minimum absolute atomic E-state index is 1.06. The lowest BCUT2D eigenvalue weighted by molar-refractivity contribution is 0.173. The van der Waals surface area contributed by atoms with Gasteiger partial charge in [-0.1, -0.05) is 0 Å². The van der Waals surface area contributed by atoms with Crippen LogP contribution in [0.15, 0.2) is 0 Å². The highest BCUT2D eigenvalue weighted by atomic mass is 31.2. The first-order valence-electron chi connectivity index (χ1n) is 2.00. The van der Waals surface area contributed by atoms with Crippen molar-refractivity contribution in [2.24, 2.45) is 0 Å². The Hall–Kier alpha value is -0.400. The Bertz CT molecular complexity index is 167. The Labute approximate surface area is 52.0 Å². The van der Waals surface area contributed by atoms with Crippen molar-refractivity contribution in [1.82, 2.24) is 0 Å². The van der Waals surface area contributed by atoms with Crippen molar-refractivity contribution < 1.29 is 19.1 Å². The number of methoxy groups -OCH3 is 1. The zero-order valence-electron chi connectivity index (χ0n) is 4.68. The molecule has 1 unspecified atom stereocenters. The van der Waals surface area contributed by atoms with Gasteiger partial charge in [0.15, 0.2) is 0 Å². The average molecular weight is 151 g/mol. The van der Waals surface area contributed by atoms with Crippen molar-refractivity contribution in [3.05, 3.63) is 0 Å². The van der Waals surface area contributed by atoms with Crippen LogP contribution in [0.2, 0.25) is 0 Å². The summed E-state index contributed by atoms with van der Waals surface area (Å²) in [7, 11) is -3.30. The maximum atomic E-state index is 10.1. The summed E-state index contributed by atoms with van der Waals surface area (Å²) in [4.78, 5) is 16.5. The van der Waals surface area contributed by atoms with Crippen LogP contribution >= 0.6 is 7.60 Å². The zero-order valence-corrected chi connectivity index (χ0v) is 5.58. The predicted molar refractivity (Wildman–Crippen MR) is 28.5 cm³/mol. The van der Waals surface area contributed by atoms with E-state index in [0.717, 1.165) is 7.11 Å². The van der Waals surface area contributed by atoms with Gasteiger partial charge in [-0.25, -0.2) is 0 Å². The van der Waals surface area contributed by atoms with E-state index in [2.05, 4.69) is 4.74 Å². The van der Waals surface area contributed by atoms with Gasteiger partial charge in [0.1, 0.15) is 6.07 Å². The molecule has 1 atom stereocenters. The molecule has 0 spiro atoms. The summed E-state index contributed by atoms with van der Waals surface area (Å²) in [6.07, 6.45) is 0. The molecule has 0 aliphatic heterocycles. The monoisotopic (exact) mass is 151 g/mol. The van der Waals surface area contributed by atoms with Gasteiger partial charge in [0.25, 0.3) is 0 Å². The molecule has 5 nitrogen and oxygen atoms in total. The van der Waals surface area contributed by atoms with E-state index < -0.39 is 13.4 Å². The van der Waals surface area contributed by atoms with Crippen LogP contribution in [-0.4, -0.2) is 22.7 Å². The van der Waals surface area contributed by atoms with Gasteiger partial charge in [-0.3, -0.25) is 4.57 Å². The molecular formula is C3H6NO4P. The van der Waals surface area contributed by atoms with Gasteiger partial charge in [0.05, 0.1) is 0 Å². The second kappa shape index (κ2) is 2.95. The molecule has 0 radical (unpaired) electrons. The fraction of sp³-hybridized carbons (Fsp3) is 0.667. The summed E-state index contributed by atoms with van der Waals surface area (Å²) in [5, 5.41) is 7.99. The normalized spacial score (nSPS) is 14.4. The van der Waals surface area contributed by atoms with Crippen molar-refractivity contribution >= 4 is 7.60 Å². The van der Waals surface area contributed by atoms with Crippen LogP contribution in [0.25, 0.3) is 0 Å². The average Bonchev–Trinajstić information content (AvgIpc) is 1.65. The minimum Gasteiger partial charge on any atom is -0.355 e. The van der Waals surface area contributed by atoms with E-state index >= 15 is 0 Å². The van der Waals surface area contributed by atoms with Crippen LogP contribution in [0.3, 0.4) is 0 Å². The Balaban J connectivity index is 4.18. The molecule has 2 N–H and O–H groups in total. The van der Waals surface area contributed by atoms with E-state index in [1.807, 2.05) is 0 Å². The number of nitriles is 1. The largest absolute Gasteiger partial charge is 0.368 e. The summed E-state index contributed by atoms with van der Waals surface area (Å²) in [5.41, 5.74) is 0. The van der Waals surface area contributed by atoms with Gasteiger partial charge >= 0.3 is 7.60 Å². The quantitative estimate of drug-likeness (QED) is 0.527. The van der Waals surface area contributed by atoms with Gasteiger partial charge < -0.3 is 14.5 Å². The molecule has 6 heteroatoms. The van der Waals surface area contributed by atoms with Crippen LogP contribution < -0.4 is 0 Å². The Kier molecular flexibility index (Phi) is 2.82. The third-order valence-corrected chi connectivity index (χ3v) is 1.58. The maximum Gasteiger partial charge on any atom is 0.368 e. The van der Waals surface area contributed by atoms with Gasteiger partial charge in [-0.05, 0) is 0 Å². The van der Waals surface area contributed by atoms with Crippen molar-refractivity contribution in [3.8, 4) is 6.07 Å². The smallest absolute Gasteiger partial charge is 0.355 e. The third kappa shape index (κ3) is 2.59. The first-order chi connectivity index (χ1) is 4.02. The Morgan fingerprint density at radius 3 is 2.22 bits per heavy atom. The van der Waals surface area contributed by atoms with E-state index in [4.69, 9.17) is 15.0 Å². The first kappa shape index (κ1) is 8.60. The fourth-order valence-electron chi connectivity index (χ4n) is 0.265. The molecule has 0 aliphatic rings. The van der Waals surface area contributed by atoms with E-state index in [-0.39, 0.29) is 0 Å². The van der Waals surface area contributed by atoms with Crippen molar-refractivity contribution in [2.45, 2.75) is 5.85 Å². The van der Waals surface area contributed by atoms with Crippen molar-refractivity contribution in [2.75, 3.05) is 7.11 Å². The van der Waals surface area contributed by atoms with Crippen LogP contribution in [0.4, 0.5) is 0 Å². The topological polar surface area (TPSA) is 90.5 Å². The molecule has 0 aromatic carbocycles. The van der Waals surface area contributed by atoms with E-state index in [1.165, 1.54) is 6.07 Å². The lowest BCUT2D eigenvalue weighted by atomic mass is 10.8. The molecule has 0 rings (SSSR count). The summed E-state index contributed by atoms with van der Waals surface area (Å²) >= 11 is 0. The van der Waals surface area contributed by atoms with Crippen molar-refractivity contribution in [1.29, 1.82) is 5.26 Å². The highest BCUT2D eigenvalue weighted by Gasteiger charge is 2.27. The second-order valence-electron chi connectivity index (χ2n) is 1.31. The molecular weight excluding hydrogens is 145 g/mol. The number of hydrogen-bond acceptors (Lipinski definition) is 3. The molecule has 9 heavy (non-hydrogen) atoms. The first-order valence-corrected chi connectivity index (χ1v) is 3.68. The molecule has 0 aromatic rings. The van der Waals surface area contributed by atoms with E-state index in [1.54, 1.807) is 0 Å². The van der Waals surface area contributed by atoms with Crippen LogP contribution in [0, 0.1) is 11.3 Å². The van der Waals surface area contributed by atoms with Gasteiger partial charge in [0, 0.05) is 7.11 Å². The second-order valence-corrected chi connectivity index (χ2v) is 2.95. The SMILES string of the molecule is COC(C#N)P(=O)(O)O. The molecule has 0 aliphatic carbocycles. The van der Waals surface area contributed by atoms with Crippen LogP contribution in [-0.2, 0) is 9.30 Å². The van der Waals surface area contributed by atoms with Crippen molar-refractivity contribution in [3.63, 3.8) is 0 Å². The highest BCUT2D eigenvalue weighted by Crippen LogP contribution is 2.40. The molecule has 0 fully saturated rings. The number of ether oxygens (including phenoxy) is 1. The van der Waals surface area contributed by atoms with E-state index in [0.29, 0.717) is 0 Å². The molecule has 0 aromatic heterocycles. The molecule has 0 heterocycles. The number of nitrogens with zero attached hydrogens (tertiary/aromatic N) is 1. The molecule has 0 saturated carbocycles. The van der Waals surface area contributed by atoms with Gasteiger partial charge in [-0.15, -0.1) is 0 Å². The number of rotatable bonds is 2. The number of hydrogen-bond donors (Lipinski definition) is 2. The summed E-state index contributed by atoms with van der Waals surface area (Å²) in [6.45, 7) is 0. The van der Waals surface area contributed by atoms with E-state index in [9.17, 15) is 4.57 Å². The minimum atomic E-state index is -4.36. The summed E-state index contributed by atoms with van der Waals surface area (Å²) < 4.78 is 14.3. The third-order valence-electron chi connectivity index (χ3n) is 0.639. The fourth-order valence-corrected chi connectivity index (χ4v) is 0.690. The van der Waals surface area contributed by atoms with Gasteiger partial charge in [0.2, 0.25) is 5.85 Å². The standard InChI is InChI=1S/C3H6NO4P/c1-8-3(2-4)9(5,6)7/h3H,1H3,(H2,5,6,7). The van der Waals surface area contributed by atoms with Crippen LogP contribution in [0.1, 0.15) is 0 Å². The molecule has 52 valence electrons. The lowest BCUT2D eigenvalue weighted by Gasteiger charge is -2.06. The Morgan fingerprint density at radius 2 is 2.22 bits per heavy atom.